The molecule has 2 aliphatic rings. The maximum atomic E-state index is 13.5. The third-order valence-electron chi connectivity index (χ3n) is 7.99. The van der Waals surface area contributed by atoms with Crippen LogP contribution in [0.3, 0.4) is 0 Å². The molecule has 0 aliphatic carbocycles. The zero-order valence-electron chi connectivity index (χ0n) is 21.5. The van der Waals surface area contributed by atoms with Gasteiger partial charge in [0.1, 0.15) is 0 Å². The molecule has 2 unspecified atom stereocenters. The third-order valence-corrected chi connectivity index (χ3v) is 8.61. The molecule has 0 spiro atoms. The molecule has 2 fully saturated rings. The summed E-state index contributed by atoms with van der Waals surface area (Å²) < 4.78 is 0. The van der Waals surface area contributed by atoms with E-state index in [1.165, 1.54) is 16.6 Å². The Hall–Kier alpha value is -1.28. The van der Waals surface area contributed by atoms with E-state index in [1.54, 1.807) is 0 Å². The molecule has 1 aromatic carbocycles. The number of fused-ring (bicyclic) bond motifs is 1. The van der Waals surface area contributed by atoms with E-state index in [0.717, 1.165) is 51.0 Å². The summed E-state index contributed by atoms with van der Waals surface area (Å²) in [6.45, 7) is 12.7. The smallest absolute Gasteiger partial charge is 0.226 e. The van der Waals surface area contributed by atoms with E-state index in [1.807, 2.05) is 12.3 Å². The first-order chi connectivity index (χ1) is 16.0. The molecule has 186 valence electrons. The van der Waals surface area contributed by atoms with E-state index in [2.05, 4.69) is 86.5 Å². The number of hydrogen-bond donors (Lipinski definition) is 1. The SMILES string of the molecule is C[C@H]1C[C@@H](NC(=O)C(C)(C)C2CCN(C)CC2)CN(c2ccc(C(C)(P)P)c3ncccc23)C1. The maximum Gasteiger partial charge on any atom is 0.226 e. The fourth-order valence-corrected chi connectivity index (χ4v) is 6.27. The Morgan fingerprint density at radius 3 is 2.50 bits per heavy atom. The first-order valence-corrected chi connectivity index (χ1v) is 13.8. The third kappa shape index (κ3) is 5.43. The summed E-state index contributed by atoms with van der Waals surface area (Å²) in [7, 11) is 8.00. The van der Waals surface area contributed by atoms with Crippen LogP contribution in [0, 0.1) is 17.3 Å². The van der Waals surface area contributed by atoms with Gasteiger partial charge in [-0.05, 0) is 81.9 Å². The molecule has 1 amide bonds. The predicted molar refractivity (Wildman–Crippen MR) is 150 cm³/mol. The largest absolute Gasteiger partial charge is 0.369 e. The van der Waals surface area contributed by atoms with Crippen molar-refractivity contribution >= 4 is 41.0 Å². The lowest BCUT2D eigenvalue weighted by atomic mass is 9.73. The number of benzene rings is 1. The van der Waals surface area contributed by atoms with Crippen molar-refractivity contribution in [1.82, 2.24) is 15.2 Å². The van der Waals surface area contributed by atoms with E-state index in [0.29, 0.717) is 11.8 Å². The van der Waals surface area contributed by atoms with Crippen LogP contribution in [0.1, 0.15) is 52.5 Å². The van der Waals surface area contributed by atoms with Crippen molar-refractivity contribution in [2.24, 2.45) is 17.3 Å². The van der Waals surface area contributed by atoms with Crippen molar-refractivity contribution in [3.63, 3.8) is 0 Å². The minimum absolute atomic E-state index is 0.129. The molecule has 2 aromatic rings. The highest BCUT2D eigenvalue weighted by atomic mass is 31.1. The summed E-state index contributed by atoms with van der Waals surface area (Å²) in [4.78, 5) is 22.9. The van der Waals surface area contributed by atoms with E-state index in [-0.39, 0.29) is 22.3 Å². The van der Waals surface area contributed by atoms with Crippen LogP contribution >= 0.6 is 18.5 Å². The molecule has 4 atom stereocenters. The number of hydrogen-bond acceptors (Lipinski definition) is 4. The van der Waals surface area contributed by atoms with Gasteiger partial charge in [-0.15, -0.1) is 18.5 Å². The summed E-state index contributed by atoms with van der Waals surface area (Å²) in [5.74, 6) is 1.16. The van der Waals surface area contributed by atoms with E-state index in [9.17, 15) is 4.79 Å². The second-order valence-corrected chi connectivity index (χ2v) is 14.6. The van der Waals surface area contributed by atoms with Crippen molar-refractivity contribution in [2.75, 3.05) is 38.1 Å². The van der Waals surface area contributed by atoms with Crippen LogP contribution < -0.4 is 10.2 Å². The topological polar surface area (TPSA) is 48.5 Å². The number of likely N-dealkylation sites (tertiary alicyclic amines) is 1. The summed E-state index contributed by atoms with van der Waals surface area (Å²) in [6.07, 6.45) is 5.10. The van der Waals surface area contributed by atoms with E-state index in [4.69, 9.17) is 4.98 Å². The molecule has 3 heterocycles. The van der Waals surface area contributed by atoms with Gasteiger partial charge in [-0.25, -0.2) is 0 Å². The number of pyridine rings is 1. The number of aromatic nitrogens is 1. The van der Waals surface area contributed by atoms with Crippen molar-refractivity contribution in [3.05, 3.63) is 36.0 Å². The molecule has 0 saturated carbocycles. The van der Waals surface area contributed by atoms with Gasteiger partial charge in [-0.1, -0.05) is 26.8 Å². The zero-order chi connectivity index (χ0) is 24.7. The Bertz CT molecular complexity index is 1030. The molecular weight excluding hydrogens is 458 g/mol. The van der Waals surface area contributed by atoms with Gasteiger partial charge in [0.05, 0.1) is 5.52 Å². The molecule has 7 heteroatoms. The summed E-state index contributed by atoms with van der Waals surface area (Å²) in [6, 6.07) is 8.81. The first-order valence-electron chi connectivity index (χ1n) is 12.7. The van der Waals surface area contributed by atoms with Crippen molar-refractivity contribution in [1.29, 1.82) is 0 Å². The highest BCUT2D eigenvalue weighted by Crippen LogP contribution is 2.43. The highest BCUT2D eigenvalue weighted by molar-refractivity contribution is 7.39. The summed E-state index contributed by atoms with van der Waals surface area (Å²) in [5, 5.41) is 4.65. The van der Waals surface area contributed by atoms with Crippen LogP contribution in [-0.4, -0.2) is 55.1 Å². The molecule has 1 N–H and O–H groups in total. The Morgan fingerprint density at radius 1 is 1.12 bits per heavy atom. The van der Waals surface area contributed by atoms with E-state index < -0.39 is 0 Å². The van der Waals surface area contributed by atoms with Crippen LogP contribution in [0.15, 0.2) is 30.5 Å². The minimum atomic E-state index is -0.340. The number of rotatable bonds is 5. The number of amides is 1. The average Bonchev–Trinajstić information content (AvgIpc) is 2.77. The second-order valence-electron chi connectivity index (χ2n) is 11.5. The number of nitrogens with one attached hydrogen (secondary N) is 1. The van der Waals surface area contributed by atoms with Gasteiger partial charge in [0, 0.05) is 46.7 Å². The quantitative estimate of drug-likeness (QED) is 0.596. The molecule has 34 heavy (non-hydrogen) atoms. The van der Waals surface area contributed by atoms with Crippen LogP contribution in [-0.2, 0) is 9.69 Å². The lowest BCUT2D eigenvalue weighted by Crippen LogP contribution is -2.54. The lowest BCUT2D eigenvalue weighted by Gasteiger charge is -2.42. The normalized spacial score (nSPS) is 23.3. The number of nitrogens with zero attached hydrogens (tertiary/aromatic N) is 3. The molecule has 0 bridgehead atoms. The predicted octanol–water partition coefficient (Wildman–Crippen LogP) is 4.86. The molecule has 2 saturated heterocycles. The van der Waals surface area contributed by atoms with Gasteiger partial charge in [0.25, 0.3) is 0 Å². The number of carbonyl (C=O) groups is 1. The highest BCUT2D eigenvalue weighted by Gasteiger charge is 2.39. The second kappa shape index (κ2) is 10.00. The van der Waals surface area contributed by atoms with Gasteiger partial charge >= 0.3 is 0 Å². The first kappa shape index (κ1) is 25.8. The van der Waals surface area contributed by atoms with Crippen LogP contribution in [0.5, 0.6) is 0 Å². The molecule has 1 aromatic heterocycles. The molecule has 4 rings (SSSR count). The number of piperidine rings is 2. The molecule has 0 radical (unpaired) electrons. The average molecular weight is 501 g/mol. The monoisotopic (exact) mass is 500 g/mol. The van der Waals surface area contributed by atoms with Crippen molar-refractivity contribution in [3.8, 4) is 0 Å². The number of carbonyl (C=O) groups excluding carboxylic acids is 1. The summed E-state index contributed by atoms with van der Waals surface area (Å²) in [5.41, 5.74) is 3.13. The van der Waals surface area contributed by atoms with E-state index >= 15 is 0 Å². The molecule has 2 aliphatic heterocycles. The number of anilines is 1. The standard InChI is InChI=1S/C27H42N4OP2/c1-18-15-20(29-25(32)26(2,3)19-10-13-30(5)14-11-19)17-31(16-18)23-9-8-22(27(4,33)34)24-21(23)7-6-12-28-24/h6-9,12,18-20H,10-11,13-17,33-34H2,1-5H3,(H,29,32)/t18-,20+/m0/s1. The maximum absolute atomic E-state index is 13.5. The van der Waals surface area contributed by atoms with Crippen LogP contribution in [0.2, 0.25) is 0 Å². The fourth-order valence-electron chi connectivity index (χ4n) is 5.81. The van der Waals surface area contributed by atoms with Gasteiger partial charge in [0.15, 0.2) is 0 Å². The molecule has 5 nitrogen and oxygen atoms in total. The van der Waals surface area contributed by atoms with Gasteiger partial charge < -0.3 is 15.1 Å². The lowest BCUT2D eigenvalue weighted by molar-refractivity contribution is -0.134. The Kier molecular flexibility index (Phi) is 7.59. The van der Waals surface area contributed by atoms with Crippen molar-refractivity contribution < 1.29 is 4.79 Å². The van der Waals surface area contributed by atoms with Gasteiger partial charge in [-0.2, -0.15) is 0 Å². The van der Waals surface area contributed by atoms with Crippen LogP contribution in [0.4, 0.5) is 5.69 Å². The van der Waals surface area contributed by atoms with Gasteiger partial charge in [-0.3, -0.25) is 9.78 Å². The minimum Gasteiger partial charge on any atom is -0.369 e. The fraction of sp³-hybridized carbons (Fsp3) is 0.630. The Morgan fingerprint density at radius 2 is 1.82 bits per heavy atom. The Balaban J connectivity index is 1.54. The van der Waals surface area contributed by atoms with Crippen molar-refractivity contribution in [2.45, 2.75) is 57.9 Å². The van der Waals surface area contributed by atoms with Crippen LogP contribution in [0.25, 0.3) is 10.9 Å². The summed E-state index contributed by atoms with van der Waals surface area (Å²) >= 11 is 0. The van der Waals surface area contributed by atoms with Gasteiger partial charge in [0.2, 0.25) is 5.91 Å². The Labute approximate surface area is 210 Å². The zero-order valence-corrected chi connectivity index (χ0v) is 23.8. The molecular formula is C27H42N4OP2.